The molecule has 3 nitrogen and oxygen atoms in total. The van der Waals surface area contributed by atoms with Crippen molar-refractivity contribution in [2.45, 2.75) is 11.4 Å². The predicted molar refractivity (Wildman–Crippen MR) is 113 cm³/mol. The first-order chi connectivity index (χ1) is 12.2. The molecule has 0 aromatic heterocycles. The number of hydrogen-bond acceptors (Lipinski definition) is 4. The second-order valence-corrected chi connectivity index (χ2v) is 9.07. The molecule has 132 valence electrons. The highest BCUT2D eigenvalue weighted by atomic mass is 79.9. The summed E-state index contributed by atoms with van der Waals surface area (Å²) in [5.74, 6) is 2.85. The fourth-order valence-electron chi connectivity index (χ4n) is 2.67. The van der Waals surface area contributed by atoms with E-state index in [1.165, 1.54) is 17.1 Å². The van der Waals surface area contributed by atoms with E-state index < -0.39 is 0 Å². The number of hydrogen-bond donors (Lipinski definition) is 1. The molecule has 1 aliphatic rings. The van der Waals surface area contributed by atoms with Crippen molar-refractivity contribution >= 4 is 51.0 Å². The Hall–Kier alpha value is -0.950. The first-order valence-electron chi connectivity index (χ1n) is 8.26. The monoisotopic (exact) mass is 436 g/mol. The summed E-state index contributed by atoms with van der Waals surface area (Å²) in [4.78, 5) is 15.8. The fourth-order valence-corrected chi connectivity index (χ4v) is 4.95. The molecule has 1 fully saturated rings. The van der Waals surface area contributed by atoms with Crippen LogP contribution in [0.2, 0.25) is 0 Å². The Bertz CT molecular complexity index is 720. The first kappa shape index (κ1) is 18.8. The van der Waals surface area contributed by atoms with Crippen LogP contribution in [-0.2, 0) is 11.3 Å². The van der Waals surface area contributed by atoms with Crippen LogP contribution in [0.5, 0.6) is 0 Å². The molecule has 0 bridgehead atoms. The third-order valence-electron chi connectivity index (χ3n) is 3.89. The molecule has 0 atom stereocenters. The number of halogens is 1. The van der Waals surface area contributed by atoms with E-state index in [9.17, 15) is 4.79 Å². The van der Waals surface area contributed by atoms with E-state index in [4.69, 9.17) is 0 Å². The summed E-state index contributed by atoms with van der Waals surface area (Å²) in [5, 5.41) is 3.01. The molecule has 0 radical (unpaired) electrons. The minimum atomic E-state index is 0.0245. The minimum Gasteiger partial charge on any atom is -0.325 e. The molecule has 1 aliphatic heterocycles. The van der Waals surface area contributed by atoms with Crippen molar-refractivity contribution < 1.29 is 4.79 Å². The summed E-state index contributed by atoms with van der Waals surface area (Å²) in [6.07, 6.45) is 0. The Balaban J connectivity index is 1.51. The molecular formula is C19H21BrN2OS2. The Morgan fingerprint density at radius 2 is 1.96 bits per heavy atom. The third-order valence-corrected chi connectivity index (χ3v) is 6.32. The molecule has 2 aromatic rings. The number of thioether (sulfide) groups is 2. The van der Waals surface area contributed by atoms with Crippen LogP contribution in [0.4, 0.5) is 5.69 Å². The van der Waals surface area contributed by atoms with Crippen LogP contribution in [0.25, 0.3) is 0 Å². The second-order valence-electron chi connectivity index (χ2n) is 5.88. The number of anilines is 1. The molecule has 0 spiro atoms. The summed E-state index contributed by atoms with van der Waals surface area (Å²) in [7, 11) is 0. The van der Waals surface area contributed by atoms with E-state index in [1.807, 2.05) is 48.2 Å². The van der Waals surface area contributed by atoms with E-state index in [2.05, 4.69) is 38.3 Å². The van der Waals surface area contributed by atoms with Gasteiger partial charge in [0, 0.05) is 46.2 Å². The van der Waals surface area contributed by atoms with Crippen molar-refractivity contribution in [3.05, 3.63) is 58.6 Å². The molecule has 1 amide bonds. The molecule has 6 heteroatoms. The van der Waals surface area contributed by atoms with Gasteiger partial charge in [-0.3, -0.25) is 9.69 Å². The van der Waals surface area contributed by atoms with E-state index >= 15 is 0 Å². The summed E-state index contributed by atoms with van der Waals surface area (Å²) in [5.41, 5.74) is 2.13. The molecule has 1 saturated heterocycles. The van der Waals surface area contributed by atoms with Crippen molar-refractivity contribution in [1.29, 1.82) is 0 Å². The maximum absolute atomic E-state index is 12.2. The lowest BCUT2D eigenvalue weighted by molar-refractivity contribution is -0.113. The molecule has 0 aliphatic carbocycles. The van der Waals surface area contributed by atoms with Crippen LogP contribution < -0.4 is 5.32 Å². The van der Waals surface area contributed by atoms with Gasteiger partial charge in [0.2, 0.25) is 5.91 Å². The van der Waals surface area contributed by atoms with Gasteiger partial charge in [0.25, 0.3) is 0 Å². The predicted octanol–water partition coefficient (Wildman–Crippen LogP) is 4.73. The number of nitrogens with one attached hydrogen (secondary N) is 1. The summed E-state index contributed by atoms with van der Waals surface area (Å²) < 4.78 is 1.03. The van der Waals surface area contributed by atoms with E-state index in [0.717, 1.165) is 34.7 Å². The lowest BCUT2D eigenvalue weighted by Crippen LogP contribution is -2.31. The van der Waals surface area contributed by atoms with Gasteiger partial charge in [0.15, 0.2) is 0 Å². The molecule has 3 rings (SSSR count). The van der Waals surface area contributed by atoms with Gasteiger partial charge >= 0.3 is 0 Å². The number of carbonyl (C=O) groups is 1. The lowest BCUT2D eigenvalue weighted by Gasteiger charge is -2.26. The summed E-state index contributed by atoms with van der Waals surface area (Å²) in [6.45, 7) is 3.24. The Kier molecular flexibility index (Phi) is 7.28. The molecule has 2 aromatic carbocycles. The fraction of sp³-hybridized carbons (Fsp3) is 0.316. The van der Waals surface area contributed by atoms with Crippen molar-refractivity contribution in [2.24, 2.45) is 0 Å². The number of nitrogens with zero attached hydrogens (tertiary/aromatic N) is 1. The van der Waals surface area contributed by atoms with Crippen LogP contribution in [0, 0.1) is 0 Å². The summed E-state index contributed by atoms with van der Waals surface area (Å²) >= 11 is 7.02. The smallest absolute Gasteiger partial charge is 0.234 e. The Morgan fingerprint density at radius 3 is 2.76 bits per heavy atom. The molecular weight excluding hydrogens is 416 g/mol. The topological polar surface area (TPSA) is 32.3 Å². The highest BCUT2D eigenvalue weighted by Crippen LogP contribution is 2.22. The molecule has 0 unspecified atom stereocenters. The highest BCUT2D eigenvalue weighted by molar-refractivity contribution is 9.10. The van der Waals surface area contributed by atoms with E-state index in [0.29, 0.717) is 5.75 Å². The first-order valence-corrected chi connectivity index (χ1v) is 11.2. The normalized spacial score (nSPS) is 15.1. The average molecular weight is 437 g/mol. The van der Waals surface area contributed by atoms with Gasteiger partial charge in [-0.15, -0.1) is 11.8 Å². The average Bonchev–Trinajstić information content (AvgIpc) is 2.61. The maximum atomic E-state index is 12.2. The van der Waals surface area contributed by atoms with Crippen molar-refractivity contribution in [3.8, 4) is 0 Å². The number of amides is 1. The van der Waals surface area contributed by atoms with Gasteiger partial charge in [-0.25, -0.2) is 0 Å². The standard InChI is InChI=1S/C19H21BrN2OS2/c20-16-4-2-6-18(12-16)25-14-19(23)21-17-5-1-3-15(11-17)13-22-7-9-24-10-8-22/h1-6,11-12H,7-10,13-14H2,(H,21,23). The molecule has 25 heavy (non-hydrogen) atoms. The highest BCUT2D eigenvalue weighted by Gasteiger charge is 2.11. The molecule has 0 saturated carbocycles. The van der Waals surface area contributed by atoms with Gasteiger partial charge in [0.05, 0.1) is 5.75 Å². The van der Waals surface area contributed by atoms with Gasteiger partial charge in [-0.1, -0.05) is 34.1 Å². The van der Waals surface area contributed by atoms with Gasteiger partial charge in [-0.2, -0.15) is 11.8 Å². The number of benzene rings is 2. The zero-order valence-corrected chi connectivity index (χ0v) is 17.1. The molecule has 1 N–H and O–H groups in total. The number of carbonyl (C=O) groups excluding carboxylic acids is 1. The van der Waals surface area contributed by atoms with Gasteiger partial charge in [-0.05, 0) is 35.9 Å². The van der Waals surface area contributed by atoms with Gasteiger partial charge < -0.3 is 5.32 Å². The van der Waals surface area contributed by atoms with Crippen LogP contribution in [0.15, 0.2) is 57.9 Å². The lowest BCUT2D eigenvalue weighted by atomic mass is 10.2. The zero-order valence-electron chi connectivity index (χ0n) is 13.9. The zero-order chi connectivity index (χ0) is 17.5. The van der Waals surface area contributed by atoms with E-state index in [1.54, 1.807) is 11.8 Å². The van der Waals surface area contributed by atoms with E-state index in [-0.39, 0.29) is 5.91 Å². The third kappa shape index (κ3) is 6.37. The quantitative estimate of drug-likeness (QED) is 0.663. The molecule has 1 heterocycles. The number of rotatable bonds is 6. The Labute approximate surface area is 166 Å². The largest absolute Gasteiger partial charge is 0.325 e. The van der Waals surface area contributed by atoms with Crippen LogP contribution in [0.3, 0.4) is 0 Å². The van der Waals surface area contributed by atoms with Gasteiger partial charge in [0.1, 0.15) is 0 Å². The van der Waals surface area contributed by atoms with Crippen LogP contribution in [0.1, 0.15) is 5.56 Å². The SMILES string of the molecule is O=C(CSc1cccc(Br)c1)Nc1cccc(CN2CCSCC2)c1. The minimum absolute atomic E-state index is 0.0245. The van der Waals surface area contributed by atoms with Crippen molar-refractivity contribution in [2.75, 3.05) is 35.7 Å². The Morgan fingerprint density at radius 1 is 1.16 bits per heavy atom. The summed E-state index contributed by atoms with van der Waals surface area (Å²) in [6, 6.07) is 16.2. The maximum Gasteiger partial charge on any atom is 0.234 e. The van der Waals surface area contributed by atoms with Crippen LogP contribution >= 0.6 is 39.5 Å². The van der Waals surface area contributed by atoms with Crippen LogP contribution in [-0.4, -0.2) is 41.2 Å². The van der Waals surface area contributed by atoms with Crippen molar-refractivity contribution in [3.63, 3.8) is 0 Å². The second kappa shape index (κ2) is 9.67. The van der Waals surface area contributed by atoms with Crippen molar-refractivity contribution in [1.82, 2.24) is 4.90 Å².